The van der Waals surface area contributed by atoms with Crippen LogP contribution in [0.15, 0.2) is 12.2 Å². The van der Waals surface area contributed by atoms with Gasteiger partial charge in [0.1, 0.15) is 5.78 Å². The van der Waals surface area contributed by atoms with Crippen molar-refractivity contribution in [2.75, 3.05) is 27.7 Å². The number of esters is 1. The fraction of sp³-hybridized carbons (Fsp3) is 0.882. The van der Waals surface area contributed by atoms with Gasteiger partial charge in [0.25, 0.3) is 0 Å². The van der Waals surface area contributed by atoms with Crippen LogP contribution in [-0.2, 0) is 14.3 Å². The number of ketones is 1. The molecule has 0 aromatic carbocycles. The van der Waals surface area contributed by atoms with Gasteiger partial charge in [-0.1, -0.05) is 46.8 Å². The Balaban J connectivity index is 1.56. The zero-order valence-corrected chi connectivity index (χ0v) is 25.9. The van der Waals surface area contributed by atoms with E-state index in [2.05, 4.69) is 67.1 Å². The molecule has 0 N–H and O–H groups in total. The van der Waals surface area contributed by atoms with Gasteiger partial charge < -0.3 is 9.64 Å². The third-order valence-electron chi connectivity index (χ3n) is 14.1. The lowest BCUT2D eigenvalue weighted by Crippen LogP contribution is -2.67. The van der Waals surface area contributed by atoms with Gasteiger partial charge in [-0.2, -0.15) is 0 Å². The number of carbonyl (C=O) groups is 2. The summed E-state index contributed by atoms with van der Waals surface area (Å²) < 4.78 is 5.53. The van der Waals surface area contributed by atoms with Crippen molar-refractivity contribution in [2.45, 2.75) is 99.3 Å². The molecule has 5 aliphatic carbocycles. The van der Waals surface area contributed by atoms with Crippen molar-refractivity contribution < 1.29 is 14.3 Å². The summed E-state index contributed by atoms with van der Waals surface area (Å²) in [4.78, 5) is 29.5. The number of hydrogen-bond donors (Lipinski definition) is 0. The van der Waals surface area contributed by atoms with Gasteiger partial charge in [0.2, 0.25) is 0 Å². The zero-order valence-electron chi connectivity index (χ0n) is 25.9. The quantitative estimate of drug-likeness (QED) is 0.288. The molecule has 0 amide bonds. The molecule has 0 aliphatic heterocycles. The minimum Gasteiger partial charge on any atom is -0.469 e. The lowest BCUT2D eigenvalue weighted by atomic mass is 9.32. The monoisotopic (exact) mass is 525 g/mol. The summed E-state index contributed by atoms with van der Waals surface area (Å²) >= 11 is 0. The summed E-state index contributed by atoms with van der Waals surface area (Å²) in [5, 5.41) is 0. The van der Waals surface area contributed by atoms with Crippen molar-refractivity contribution in [1.29, 1.82) is 0 Å². The molecule has 5 rings (SSSR count). The Labute approximate surface area is 232 Å². The topological polar surface area (TPSA) is 46.6 Å². The summed E-state index contributed by atoms with van der Waals surface area (Å²) in [6, 6.07) is 0. The van der Waals surface area contributed by atoms with E-state index in [1.54, 1.807) is 7.11 Å². The molecule has 0 unspecified atom stereocenters. The van der Waals surface area contributed by atoms with E-state index in [1.807, 2.05) is 0 Å². The van der Waals surface area contributed by atoms with E-state index in [0.29, 0.717) is 35.4 Å². The SMILES string of the molecule is C=C(C)[C@@H]1CC[C@]2(C(=O)OC)CC[C@]3(C)[C@H](CC[C@@H]4[C@@]5(C)C[C@@H](CN(C)C)C(=O)C(C)(C)[C@@H]5CC[C@]43C)[C@@H]12. The molecular formula is C34H55NO3. The van der Waals surface area contributed by atoms with Gasteiger partial charge in [0, 0.05) is 17.9 Å². The molecule has 10 atom stereocenters. The van der Waals surface area contributed by atoms with Crippen molar-refractivity contribution in [2.24, 2.45) is 62.6 Å². The van der Waals surface area contributed by atoms with Crippen molar-refractivity contribution >= 4 is 11.8 Å². The average Bonchev–Trinajstić information content (AvgIpc) is 3.23. The molecule has 0 bridgehead atoms. The van der Waals surface area contributed by atoms with Gasteiger partial charge in [0.05, 0.1) is 12.5 Å². The van der Waals surface area contributed by atoms with E-state index < -0.39 is 0 Å². The molecule has 0 saturated heterocycles. The van der Waals surface area contributed by atoms with Crippen molar-refractivity contribution in [3.8, 4) is 0 Å². The van der Waals surface area contributed by atoms with Crippen LogP contribution in [-0.4, -0.2) is 44.4 Å². The average molecular weight is 526 g/mol. The van der Waals surface area contributed by atoms with Crippen molar-refractivity contribution in [3.63, 3.8) is 0 Å². The molecule has 0 aromatic rings. The van der Waals surface area contributed by atoms with Crippen LogP contribution in [0.2, 0.25) is 0 Å². The lowest BCUT2D eigenvalue weighted by molar-refractivity contribution is -0.239. The highest BCUT2D eigenvalue weighted by Gasteiger charge is 2.72. The summed E-state index contributed by atoms with van der Waals surface area (Å²) in [5.41, 5.74) is 1.22. The normalized spacial score (nSPS) is 49.5. The van der Waals surface area contributed by atoms with Crippen molar-refractivity contribution in [3.05, 3.63) is 12.2 Å². The second kappa shape index (κ2) is 8.92. The first-order valence-corrected chi connectivity index (χ1v) is 15.5. The Morgan fingerprint density at radius 1 is 0.947 bits per heavy atom. The molecule has 4 nitrogen and oxygen atoms in total. The predicted octanol–water partition coefficient (Wildman–Crippen LogP) is 7.17. The molecule has 4 heteroatoms. The molecule has 5 saturated carbocycles. The number of carbonyl (C=O) groups excluding carboxylic acids is 2. The Hall–Kier alpha value is -1.16. The van der Waals surface area contributed by atoms with E-state index in [4.69, 9.17) is 4.74 Å². The molecule has 0 aromatic heterocycles. The second-order valence-corrected chi connectivity index (χ2v) is 16.1. The zero-order chi connectivity index (χ0) is 28.1. The Bertz CT molecular complexity index is 1020. The summed E-state index contributed by atoms with van der Waals surface area (Å²) in [7, 11) is 5.81. The maximum absolute atomic E-state index is 13.8. The number of ether oxygens (including phenoxy) is 1. The fourth-order valence-electron chi connectivity index (χ4n) is 12.4. The highest BCUT2D eigenvalue weighted by molar-refractivity contribution is 5.88. The molecule has 214 valence electrons. The van der Waals surface area contributed by atoms with Crippen LogP contribution in [0, 0.1) is 62.6 Å². The molecule has 0 radical (unpaired) electrons. The number of nitrogens with zero attached hydrogens (tertiary/aromatic N) is 1. The second-order valence-electron chi connectivity index (χ2n) is 16.1. The number of hydrogen-bond acceptors (Lipinski definition) is 4. The first-order valence-electron chi connectivity index (χ1n) is 15.5. The highest BCUT2D eigenvalue weighted by atomic mass is 16.5. The Morgan fingerprint density at radius 2 is 1.63 bits per heavy atom. The number of rotatable bonds is 4. The highest BCUT2D eigenvalue weighted by Crippen LogP contribution is 2.77. The van der Waals surface area contributed by atoms with Gasteiger partial charge in [-0.25, -0.2) is 0 Å². The molecule has 0 spiro atoms. The predicted molar refractivity (Wildman–Crippen MR) is 153 cm³/mol. The number of allylic oxidation sites excluding steroid dienone is 1. The van der Waals surface area contributed by atoms with Gasteiger partial charge in [-0.05, 0) is 125 Å². The third-order valence-corrected chi connectivity index (χ3v) is 14.1. The van der Waals surface area contributed by atoms with Crippen molar-refractivity contribution in [1.82, 2.24) is 4.90 Å². The largest absolute Gasteiger partial charge is 0.469 e. The number of methoxy groups -OCH3 is 1. The van der Waals surface area contributed by atoms with Crippen LogP contribution in [0.25, 0.3) is 0 Å². The fourth-order valence-corrected chi connectivity index (χ4v) is 12.4. The van der Waals surface area contributed by atoms with Crippen LogP contribution in [0.5, 0.6) is 0 Å². The maximum atomic E-state index is 13.8. The first-order chi connectivity index (χ1) is 17.6. The molecule has 5 aliphatic rings. The van der Waals surface area contributed by atoms with Gasteiger partial charge in [-0.15, -0.1) is 0 Å². The molecular weight excluding hydrogens is 470 g/mol. The van der Waals surface area contributed by atoms with Gasteiger partial charge >= 0.3 is 5.97 Å². The van der Waals surface area contributed by atoms with Crippen LogP contribution >= 0.6 is 0 Å². The molecule has 38 heavy (non-hydrogen) atoms. The van der Waals surface area contributed by atoms with Gasteiger partial charge in [0.15, 0.2) is 0 Å². The number of Topliss-reactive ketones (excluding diaryl/α,β-unsaturated/α-hetero) is 1. The van der Waals surface area contributed by atoms with Gasteiger partial charge in [-0.3, -0.25) is 9.59 Å². The smallest absolute Gasteiger partial charge is 0.312 e. The first kappa shape index (κ1) is 28.4. The summed E-state index contributed by atoms with van der Waals surface area (Å²) in [5.74, 6) is 3.01. The minimum atomic E-state index is -0.330. The Morgan fingerprint density at radius 3 is 2.24 bits per heavy atom. The lowest BCUT2D eigenvalue weighted by Gasteiger charge is -2.72. The van der Waals surface area contributed by atoms with E-state index in [1.165, 1.54) is 24.8 Å². The molecule has 5 fully saturated rings. The van der Waals surface area contributed by atoms with E-state index in [0.717, 1.165) is 45.1 Å². The van der Waals surface area contributed by atoms with E-state index in [9.17, 15) is 9.59 Å². The summed E-state index contributed by atoms with van der Waals surface area (Å²) in [6.07, 6.45) is 9.90. The molecule has 0 heterocycles. The standard InChI is InChI=1S/C34H55NO3/c1-21(2)23-13-16-34(29(37)38-10)18-17-32(6)24(27(23)34)11-12-26-31(5)19-22(20-35(8)9)28(36)30(3,4)25(31)14-15-33(26,32)7/h22-27H,1,11-20H2,2-10H3/t22-,23-,24+,25-,26+,27+,31-,32+,33+,34-/m0/s1. The summed E-state index contributed by atoms with van der Waals surface area (Å²) in [6.45, 7) is 19.8. The van der Waals surface area contributed by atoms with Crippen LogP contribution in [0.3, 0.4) is 0 Å². The van der Waals surface area contributed by atoms with E-state index >= 15 is 0 Å². The maximum Gasteiger partial charge on any atom is 0.312 e. The minimum absolute atomic E-state index is 0.0373. The van der Waals surface area contributed by atoms with Crippen LogP contribution < -0.4 is 0 Å². The Kier molecular flexibility index (Phi) is 6.66. The van der Waals surface area contributed by atoms with E-state index in [-0.39, 0.29) is 39.0 Å². The third kappa shape index (κ3) is 3.50. The van der Waals surface area contributed by atoms with Crippen LogP contribution in [0.4, 0.5) is 0 Å². The number of fused-ring (bicyclic) bond motifs is 7. The van der Waals surface area contributed by atoms with Crippen LogP contribution in [0.1, 0.15) is 99.3 Å².